The maximum absolute atomic E-state index is 10.9. The van der Waals surface area contributed by atoms with Gasteiger partial charge >= 0.3 is 12.0 Å². The third-order valence-corrected chi connectivity index (χ3v) is 3.69. The van der Waals surface area contributed by atoms with Gasteiger partial charge in [-0.05, 0) is 43.9 Å². The van der Waals surface area contributed by atoms with Crippen molar-refractivity contribution in [1.82, 2.24) is 4.98 Å². The van der Waals surface area contributed by atoms with E-state index in [1.165, 1.54) is 37.8 Å². The van der Waals surface area contributed by atoms with E-state index in [0.29, 0.717) is 11.1 Å². The number of carboxylic acid groups (broad SMARTS) is 1. The number of benzene rings is 1. The highest BCUT2D eigenvalue weighted by Crippen LogP contribution is 2.26. The van der Waals surface area contributed by atoms with Crippen LogP contribution < -0.4 is 4.74 Å². The topological polar surface area (TPSA) is 72.6 Å². The Labute approximate surface area is 116 Å². The Bertz CT molecular complexity index is 611. The third kappa shape index (κ3) is 2.76. The predicted molar refractivity (Wildman–Crippen MR) is 73.1 cm³/mol. The molecule has 1 saturated carbocycles. The van der Waals surface area contributed by atoms with Gasteiger partial charge in [-0.2, -0.15) is 4.98 Å². The number of carboxylic acids is 1. The SMILES string of the molecule is O=C(O)c1ccc2nc(OC3CCCCCC3)oc2c1. The smallest absolute Gasteiger partial charge is 0.394 e. The van der Waals surface area contributed by atoms with Crippen molar-refractivity contribution in [3.63, 3.8) is 0 Å². The molecule has 3 rings (SSSR count). The fourth-order valence-electron chi connectivity index (χ4n) is 2.59. The van der Waals surface area contributed by atoms with Gasteiger partial charge < -0.3 is 14.3 Å². The van der Waals surface area contributed by atoms with Gasteiger partial charge in [0.15, 0.2) is 5.58 Å². The number of aromatic carboxylic acids is 1. The zero-order chi connectivity index (χ0) is 13.9. The molecule has 1 heterocycles. The van der Waals surface area contributed by atoms with Gasteiger partial charge in [0.1, 0.15) is 11.6 Å². The van der Waals surface area contributed by atoms with Crippen LogP contribution in [0.1, 0.15) is 48.9 Å². The lowest BCUT2D eigenvalue weighted by atomic mass is 10.2. The summed E-state index contributed by atoms with van der Waals surface area (Å²) in [7, 11) is 0. The minimum atomic E-state index is -0.977. The highest BCUT2D eigenvalue weighted by atomic mass is 16.6. The summed E-state index contributed by atoms with van der Waals surface area (Å²) in [6, 6.07) is 4.63. The number of nitrogens with zero attached hydrogens (tertiary/aromatic N) is 1. The lowest BCUT2D eigenvalue weighted by Gasteiger charge is -2.12. The van der Waals surface area contributed by atoms with Crippen LogP contribution in [0, 0.1) is 0 Å². The number of hydrogen-bond acceptors (Lipinski definition) is 4. The first-order chi connectivity index (χ1) is 9.72. The van der Waals surface area contributed by atoms with E-state index in [2.05, 4.69) is 4.98 Å². The Morgan fingerprint density at radius 3 is 2.70 bits per heavy atom. The minimum absolute atomic E-state index is 0.157. The maximum atomic E-state index is 10.9. The standard InChI is InChI=1S/C15H17NO4/c17-14(18)10-7-8-12-13(9-10)20-15(16-12)19-11-5-3-1-2-4-6-11/h7-9,11H,1-6H2,(H,17,18). The number of ether oxygens (including phenoxy) is 1. The molecule has 1 aromatic heterocycles. The van der Waals surface area contributed by atoms with E-state index < -0.39 is 5.97 Å². The van der Waals surface area contributed by atoms with Crippen molar-refractivity contribution in [2.45, 2.75) is 44.6 Å². The van der Waals surface area contributed by atoms with E-state index in [4.69, 9.17) is 14.3 Å². The van der Waals surface area contributed by atoms with Crippen LogP contribution in [0.2, 0.25) is 0 Å². The first-order valence-electron chi connectivity index (χ1n) is 7.03. The van der Waals surface area contributed by atoms with Crippen LogP contribution in [0.4, 0.5) is 0 Å². The van der Waals surface area contributed by atoms with Crippen LogP contribution in [-0.2, 0) is 0 Å². The van der Waals surface area contributed by atoms with Crippen molar-refractivity contribution in [2.75, 3.05) is 0 Å². The van der Waals surface area contributed by atoms with Crippen molar-refractivity contribution >= 4 is 17.1 Å². The zero-order valence-corrected chi connectivity index (χ0v) is 11.2. The van der Waals surface area contributed by atoms with Gasteiger partial charge in [0.05, 0.1) is 5.56 Å². The average molecular weight is 275 g/mol. The summed E-state index contributed by atoms with van der Waals surface area (Å²) in [6.07, 6.45) is 7.32. The van der Waals surface area contributed by atoms with Gasteiger partial charge in [-0.3, -0.25) is 0 Å². The summed E-state index contributed by atoms with van der Waals surface area (Å²) >= 11 is 0. The Balaban J connectivity index is 1.79. The monoisotopic (exact) mass is 275 g/mol. The molecule has 5 nitrogen and oxygen atoms in total. The molecule has 0 saturated heterocycles. The predicted octanol–water partition coefficient (Wildman–Crippen LogP) is 3.63. The van der Waals surface area contributed by atoms with E-state index >= 15 is 0 Å². The molecule has 0 bridgehead atoms. The normalized spacial score (nSPS) is 17.0. The van der Waals surface area contributed by atoms with Gasteiger partial charge in [-0.1, -0.05) is 12.8 Å². The molecule has 1 fully saturated rings. The molecule has 0 atom stereocenters. The van der Waals surface area contributed by atoms with Crippen LogP contribution in [0.5, 0.6) is 6.08 Å². The van der Waals surface area contributed by atoms with Gasteiger partial charge in [-0.15, -0.1) is 0 Å². The Morgan fingerprint density at radius 1 is 1.25 bits per heavy atom. The second-order valence-corrected chi connectivity index (χ2v) is 5.20. The highest BCUT2D eigenvalue weighted by Gasteiger charge is 2.17. The van der Waals surface area contributed by atoms with Crippen LogP contribution in [0.3, 0.4) is 0 Å². The summed E-state index contributed by atoms with van der Waals surface area (Å²) < 4.78 is 11.3. The van der Waals surface area contributed by atoms with E-state index in [-0.39, 0.29) is 17.7 Å². The second-order valence-electron chi connectivity index (χ2n) is 5.20. The van der Waals surface area contributed by atoms with Gasteiger partial charge in [-0.25, -0.2) is 4.79 Å². The molecule has 0 aliphatic heterocycles. The second kappa shape index (κ2) is 5.53. The molecule has 0 unspecified atom stereocenters. The molecule has 1 aliphatic carbocycles. The molecule has 106 valence electrons. The molecule has 1 N–H and O–H groups in total. The molecule has 0 radical (unpaired) electrons. The van der Waals surface area contributed by atoms with Crippen molar-refractivity contribution in [2.24, 2.45) is 0 Å². The Hall–Kier alpha value is -2.04. The molecule has 0 spiro atoms. The number of oxazole rings is 1. The van der Waals surface area contributed by atoms with E-state index in [0.717, 1.165) is 12.8 Å². The van der Waals surface area contributed by atoms with E-state index in [1.54, 1.807) is 6.07 Å². The van der Waals surface area contributed by atoms with Crippen molar-refractivity contribution in [1.29, 1.82) is 0 Å². The lowest BCUT2D eigenvalue weighted by molar-refractivity contribution is 0.0696. The zero-order valence-electron chi connectivity index (χ0n) is 11.2. The summed E-state index contributed by atoms with van der Waals surface area (Å²) in [5.41, 5.74) is 1.27. The number of carbonyl (C=O) groups is 1. The summed E-state index contributed by atoms with van der Waals surface area (Å²) in [5.74, 6) is -0.977. The fraction of sp³-hybridized carbons (Fsp3) is 0.467. The van der Waals surface area contributed by atoms with Gasteiger partial charge in [0, 0.05) is 0 Å². The molecular weight excluding hydrogens is 258 g/mol. The molecule has 5 heteroatoms. The van der Waals surface area contributed by atoms with E-state index in [1.807, 2.05) is 0 Å². The third-order valence-electron chi connectivity index (χ3n) is 3.69. The number of rotatable bonds is 3. The molecule has 1 aliphatic rings. The van der Waals surface area contributed by atoms with Crippen LogP contribution in [0.25, 0.3) is 11.1 Å². The first kappa shape index (κ1) is 13.0. The van der Waals surface area contributed by atoms with Crippen molar-refractivity contribution < 1.29 is 19.1 Å². The molecule has 0 amide bonds. The molecule has 1 aromatic carbocycles. The van der Waals surface area contributed by atoms with Crippen LogP contribution in [0.15, 0.2) is 22.6 Å². The number of hydrogen-bond donors (Lipinski definition) is 1. The summed E-state index contributed by atoms with van der Waals surface area (Å²) in [4.78, 5) is 15.2. The fourth-order valence-corrected chi connectivity index (χ4v) is 2.59. The molecular formula is C15H17NO4. The minimum Gasteiger partial charge on any atom is -0.478 e. The Morgan fingerprint density at radius 2 is 2.00 bits per heavy atom. The first-order valence-corrected chi connectivity index (χ1v) is 7.03. The largest absolute Gasteiger partial charge is 0.478 e. The van der Waals surface area contributed by atoms with Gasteiger partial charge in [0.2, 0.25) is 0 Å². The van der Waals surface area contributed by atoms with Gasteiger partial charge in [0.25, 0.3) is 0 Å². The number of aromatic nitrogens is 1. The maximum Gasteiger partial charge on any atom is 0.394 e. The number of fused-ring (bicyclic) bond motifs is 1. The van der Waals surface area contributed by atoms with Crippen molar-refractivity contribution in [3.05, 3.63) is 23.8 Å². The van der Waals surface area contributed by atoms with Crippen LogP contribution >= 0.6 is 0 Å². The summed E-state index contributed by atoms with van der Waals surface area (Å²) in [5, 5.41) is 8.95. The summed E-state index contributed by atoms with van der Waals surface area (Å²) in [6.45, 7) is 0. The molecule has 2 aromatic rings. The Kier molecular flexibility index (Phi) is 3.58. The lowest BCUT2D eigenvalue weighted by Crippen LogP contribution is -2.15. The quantitative estimate of drug-likeness (QED) is 0.866. The highest BCUT2D eigenvalue weighted by molar-refractivity contribution is 5.91. The van der Waals surface area contributed by atoms with Crippen molar-refractivity contribution in [3.8, 4) is 6.08 Å². The van der Waals surface area contributed by atoms with E-state index in [9.17, 15) is 4.79 Å². The molecule has 20 heavy (non-hydrogen) atoms. The van der Waals surface area contributed by atoms with Crippen LogP contribution in [-0.4, -0.2) is 22.2 Å². The average Bonchev–Trinajstić information content (AvgIpc) is 2.64.